The zero-order valence-corrected chi connectivity index (χ0v) is 33.0. The highest BCUT2D eigenvalue weighted by Gasteiger charge is 2.33. The number of piperidine rings is 3. The summed E-state index contributed by atoms with van der Waals surface area (Å²) in [5.74, 6) is 0.128. The minimum absolute atomic E-state index is 0.157. The fourth-order valence-corrected chi connectivity index (χ4v) is 8.23. The van der Waals surface area contributed by atoms with Gasteiger partial charge in [0.25, 0.3) is 5.91 Å². The lowest BCUT2D eigenvalue weighted by molar-refractivity contribution is -0.134. The lowest BCUT2D eigenvalue weighted by atomic mass is 9.92. The van der Waals surface area contributed by atoms with Crippen LogP contribution in [0.3, 0.4) is 0 Å². The summed E-state index contributed by atoms with van der Waals surface area (Å²) in [7, 11) is 5.18. The smallest absolute Gasteiger partial charge is 0.257 e. The lowest BCUT2D eigenvalue weighted by Crippen LogP contribution is -2.42. The number of imide groups is 1. The van der Waals surface area contributed by atoms with Crippen LogP contribution in [-0.2, 0) is 30.9 Å². The second kappa shape index (κ2) is 16.2. The molecule has 0 aliphatic carbocycles. The first-order valence-corrected chi connectivity index (χ1v) is 19.8. The number of nitrogens with zero attached hydrogens (tertiary/aromatic N) is 7. The summed E-state index contributed by atoms with van der Waals surface area (Å²) in [4.78, 5) is 51.5. The van der Waals surface area contributed by atoms with Gasteiger partial charge in [-0.05, 0) is 74.6 Å². The molecule has 2 aromatic carbocycles. The van der Waals surface area contributed by atoms with Gasteiger partial charge in [-0.25, -0.2) is 4.98 Å². The second-order valence-electron chi connectivity index (χ2n) is 15.0. The zero-order chi connectivity index (χ0) is 39.8. The van der Waals surface area contributed by atoms with E-state index in [4.69, 9.17) is 31.2 Å². The predicted molar refractivity (Wildman–Crippen MR) is 217 cm³/mol. The van der Waals surface area contributed by atoms with Crippen molar-refractivity contribution in [2.75, 3.05) is 66.9 Å². The molecule has 6 heterocycles. The number of hydrogen-bond acceptors (Lipinski definition) is 13. The topological polar surface area (TPSA) is 179 Å². The Morgan fingerprint density at radius 1 is 1.00 bits per heavy atom. The highest BCUT2D eigenvalue weighted by molar-refractivity contribution is 6.32. The Bertz CT molecular complexity index is 2210. The summed E-state index contributed by atoms with van der Waals surface area (Å²) in [6.07, 6.45) is 7.05. The number of amides is 3. The maximum atomic E-state index is 12.6. The summed E-state index contributed by atoms with van der Waals surface area (Å²) in [6, 6.07) is 12.0. The first-order valence-electron chi connectivity index (χ1n) is 19.4. The van der Waals surface area contributed by atoms with Crippen molar-refractivity contribution in [1.29, 1.82) is 0 Å². The molecule has 17 heteroatoms. The van der Waals surface area contributed by atoms with Crippen LogP contribution in [0.2, 0.25) is 5.02 Å². The van der Waals surface area contributed by atoms with Crippen molar-refractivity contribution in [3.63, 3.8) is 0 Å². The van der Waals surface area contributed by atoms with Crippen LogP contribution in [0, 0.1) is 0 Å². The van der Waals surface area contributed by atoms with Crippen molar-refractivity contribution < 1.29 is 29.0 Å². The number of halogens is 1. The van der Waals surface area contributed by atoms with Crippen LogP contribution in [0.1, 0.15) is 55.7 Å². The number of likely N-dealkylation sites (N-methyl/N-ethyl adjacent to an activating group) is 2. The largest absolute Gasteiger partial charge is 0.483 e. The number of hydrogen-bond donors (Lipinski definition) is 4. The fourth-order valence-electron chi connectivity index (χ4n) is 8.09. The minimum atomic E-state index is -1.02. The number of carbonyl (C=O) groups excluding carboxylic acids is 3. The molecular weight excluding hydrogens is 752 g/mol. The molecule has 4 aromatic rings. The third-order valence-electron chi connectivity index (χ3n) is 11.3. The van der Waals surface area contributed by atoms with Crippen LogP contribution in [-0.4, -0.2) is 108 Å². The van der Waals surface area contributed by atoms with Gasteiger partial charge in [0.15, 0.2) is 18.7 Å². The van der Waals surface area contributed by atoms with E-state index in [1.165, 1.54) is 7.05 Å². The highest BCUT2D eigenvalue weighted by Crippen LogP contribution is 2.36. The Morgan fingerprint density at radius 2 is 1.74 bits per heavy atom. The normalized spacial score (nSPS) is 20.6. The molecule has 8 rings (SSSR count). The van der Waals surface area contributed by atoms with Crippen molar-refractivity contribution in [2.45, 2.75) is 62.9 Å². The van der Waals surface area contributed by atoms with Crippen LogP contribution >= 0.6 is 11.6 Å². The number of nitrogens with one attached hydrogen (secondary N) is 3. The van der Waals surface area contributed by atoms with Gasteiger partial charge in [0, 0.05) is 81.8 Å². The first kappa shape index (κ1) is 38.4. The number of anilines is 5. The highest BCUT2D eigenvalue weighted by atomic mass is 35.5. The molecule has 0 radical (unpaired) electrons. The Morgan fingerprint density at radius 3 is 2.46 bits per heavy atom. The van der Waals surface area contributed by atoms with E-state index >= 15 is 0 Å². The quantitative estimate of drug-likeness (QED) is 0.171. The molecule has 4 aliphatic rings. The first-order chi connectivity index (χ1) is 27.5. The molecule has 16 nitrogen and oxygen atoms in total. The molecule has 2 aromatic heterocycles. The van der Waals surface area contributed by atoms with Gasteiger partial charge in [-0.3, -0.25) is 24.4 Å². The standard InChI is InChI=1S/C40H47ClN10O6/c1-42-35(53)22-56-33-19-23-18-24(4-8-31(23)48(2)39(33)55)44-37-30(41)21-43-40(46-37)51-16-12-27(13-17-51)57-26-10-14-50(15-11-26)25-5-6-28-32(20-25)49(3)47-36(28)29-7-9-34(52)45-38(29)54/h4-6,8,18-21,26-27,29,39,55H,7,9-17,22H2,1-3H3,(H,42,53)(H,43,44,46)(H,45,52,54). The van der Waals surface area contributed by atoms with Crippen LogP contribution in [0.4, 0.5) is 28.8 Å². The summed E-state index contributed by atoms with van der Waals surface area (Å²) < 4.78 is 14.1. The molecular formula is C40H47ClN10O6. The molecule has 0 saturated carbocycles. The van der Waals surface area contributed by atoms with Crippen molar-refractivity contribution in [3.8, 4) is 0 Å². The summed E-state index contributed by atoms with van der Waals surface area (Å²) in [5.41, 5.74) is 5.16. The number of ether oxygens (including phenoxy) is 2. The molecule has 2 atom stereocenters. The maximum Gasteiger partial charge on any atom is 0.257 e. The van der Waals surface area contributed by atoms with Gasteiger partial charge in [0.2, 0.25) is 17.8 Å². The monoisotopic (exact) mass is 798 g/mol. The van der Waals surface area contributed by atoms with E-state index in [9.17, 15) is 19.5 Å². The number of benzene rings is 2. The molecule has 57 heavy (non-hydrogen) atoms. The average Bonchev–Trinajstić information content (AvgIpc) is 3.54. The van der Waals surface area contributed by atoms with E-state index in [2.05, 4.69) is 48.9 Å². The molecule has 4 aliphatic heterocycles. The van der Waals surface area contributed by atoms with E-state index in [1.54, 1.807) is 24.2 Å². The molecule has 3 amide bonds. The molecule has 300 valence electrons. The average molecular weight is 799 g/mol. The number of aliphatic hydroxyl groups excluding tert-OH is 1. The molecule has 0 bridgehead atoms. The number of rotatable bonds is 10. The van der Waals surface area contributed by atoms with E-state index in [-0.39, 0.29) is 42.3 Å². The molecule has 2 unspecified atom stereocenters. The maximum absolute atomic E-state index is 12.6. The SMILES string of the molecule is CNC(=O)COC1=Cc2cc(Nc3nc(N4CCC(OC5CCN(c6ccc7c(C8CCC(=O)NC8=O)nn(C)c7c6)CC5)CC4)ncc3Cl)ccc2N(C)C1O. The Balaban J connectivity index is 0.841. The van der Waals surface area contributed by atoms with Gasteiger partial charge in [-0.1, -0.05) is 11.6 Å². The van der Waals surface area contributed by atoms with Crippen LogP contribution in [0.25, 0.3) is 17.0 Å². The number of aliphatic hydroxyl groups is 1. The fraction of sp³-hybridized carbons (Fsp3) is 0.450. The van der Waals surface area contributed by atoms with Gasteiger partial charge in [0.1, 0.15) is 10.8 Å². The van der Waals surface area contributed by atoms with E-state index in [0.717, 1.165) is 91.1 Å². The molecule has 0 spiro atoms. The van der Waals surface area contributed by atoms with E-state index < -0.39 is 12.1 Å². The number of aromatic nitrogens is 4. The number of fused-ring (bicyclic) bond motifs is 2. The van der Waals surface area contributed by atoms with Crippen LogP contribution in [0.15, 0.2) is 48.4 Å². The van der Waals surface area contributed by atoms with Gasteiger partial charge in [0.05, 0.1) is 35.5 Å². The minimum Gasteiger partial charge on any atom is -0.483 e. The number of aryl methyl sites for hydroxylation is 1. The summed E-state index contributed by atoms with van der Waals surface area (Å²) >= 11 is 6.56. The van der Waals surface area contributed by atoms with Crippen LogP contribution < -0.4 is 30.7 Å². The zero-order valence-electron chi connectivity index (χ0n) is 32.2. The Labute approximate surface area is 335 Å². The number of carbonyl (C=O) groups is 3. The molecule has 3 saturated heterocycles. The van der Waals surface area contributed by atoms with E-state index in [0.29, 0.717) is 29.6 Å². The van der Waals surface area contributed by atoms with Crippen molar-refractivity contribution in [2.24, 2.45) is 7.05 Å². The van der Waals surface area contributed by atoms with E-state index in [1.807, 2.05) is 29.9 Å². The van der Waals surface area contributed by atoms with Crippen LogP contribution in [0.5, 0.6) is 0 Å². The summed E-state index contributed by atoms with van der Waals surface area (Å²) in [6.45, 7) is 3.08. The van der Waals surface area contributed by atoms with Gasteiger partial charge < -0.3 is 39.9 Å². The predicted octanol–water partition coefficient (Wildman–Crippen LogP) is 3.81. The van der Waals surface area contributed by atoms with Crippen molar-refractivity contribution in [1.82, 2.24) is 30.4 Å². The van der Waals surface area contributed by atoms with Crippen molar-refractivity contribution in [3.05, 3.63) is 64.6 Å². The van der Waals surface area contributed by atoms with Gasteiger partial charge >= 0.3 is 0 Å². The lowest BCUT2D eigenvalue weighted by Gasteiger charge is -2.38. The summed E-state index contributed by atoms with van der Waals surface area (Å²) in [5, 5.41) is 25.0. The van der Waals surface area contributed by atoms with Gasteiger partial charge in [-0.15, -0.1) is 0 Å². The third kappa shape index (κ3) is 8.06. The van der Waals surface area contributed by atoms with Gasteiger partial charge in [-0.2, -0.15) is 10.1 Å². The Hall–Kier alpha value is -5.45. The Kier molecular flexibility index (Phi) is 10.9. The van der Waals surface area contributed by atoms with Crippen molar-refractivity contribution >= 4 is 75.1 Å². The molecule has 4 N–H and O–H groups in total. The third-order valence-corrected chi connectivity index (χ3v) is 11.6. The second-order valence-corrected chi connectivity index (χ2v) is 15.4. The molecule has 3 fully saturated rings.